The second-order valence-electron chi connectivity index (χ2n) is 4.82. The van der Waals surface area contributed by atoms with Crippen LogP contribution in [0.4, 0.5) is 0 Å². The number of nitrogens with one attached hydrogen (secondary N) is 1. The van der Waals surface area contributed by atoms with E-state index in [-0.39, 0.29) is 0 Å². The Labute approximate surface area is 88.4 Å². The van der Waals surface area contributed by atoms with Crippen LogP contribution in [-0.2, 0) is 4.74 Å². The minimum Gasteiger partial charge on any atom is -0.380 e. The monoisotopic (exact) mass is 199 g/mol. The summed E-state index contributed by atoms with van der Waals surface area (Å²) < 4.78 is 5.50. The highest BCUT2D eigenvalue weighted by molar-refractivity contribution is 4.69. The third-order valence-electron chi connectivity index (χ3n) is 2.78. The van der Waals surface area contributed by atoms with E-state index in [2.05, 4.69) is 19.2 Å². The molecule has 2 nitrogen and oxygen atoms in total. The summed E-state index contributed by atoms with van der Waals surface area (Å²) >= 11 is 0. The molecule has 2 heteroatoms. The maximum absolute atomic E-state index is 5.50. The Morgan fingerprint density at radius 1 is 1.29 bits per heavy atom. The van der Waals surface area contributed by atoms with Gasteiger partial charge in [-0.1, -0.05) is 26.7 Å². The first-order valence-electron chi connectivity index (χ1n) is 6.07. The molecule has 0 saturated heterocycles. The zero-order valence-electron chi connectivity index (χ0n) is 9.72. The number of rotatable bonds is 7. The van der Waals surface area contributed by atoms with Crippen molar-refractivity contribution >= 4 is 0 Å². The second-order valence-corrected chi connectivity index (χ2v) is 4.82. The molecular formula is C12H25NO. The molecule has 14 heavy (non-hydrogen) atoms. The Balaban J connectivity index is 1.79. The van der Waals surface area contributed by atoms with Gasteiger partial charge in [0.25, 0.3) is 0 Å². The summed E-state index contributed by atoms with van der Waals surface area (Å²) in [5.74, 6) is 1.60. The first-order valence-corrected chi connectivity index (χ1v) is 6.07. The van der Waals surface area contributed by atoms with Crippen LogP contribution in [0, 0.1) is 11.8 Å². The van der Waals surface area contributed by atoms with E-state index in [1.807, 2.05) is 0 Å². The first kappa shape index (κ1) is 12.0. The normalized spacial score (nSPS) is 18.2. The van der Waals surface area contributed by atoms with E-state index in [0.717, 1.165) is 25.7 Å². The second kappa shape index (κ2) is 7.24. The maximum atomic E-state index is 5.50. The van der Waals surface area contributed by atoms with Crippen molar-refractivity contribution in [1.29, 1.82) is 0 Å². The highest BCUT2D eigenvalue weighted by atomic mass is 16.5. The minimum absolute atomic E-state index is 0.657. The van der Waals surface area contributed by atoms with Gasteiger partial charge in [-0.2, -0.15) is 0 Å². The van der Waals surface area contributed by atoms with Crippen LogP contribution in [0.15, 0.2) is 0 Å². The van der Waals surface area contributed by atoms with Crippen LogP contribution in [0.3, 0.4) is 0 Å². The molecular weight excluding hydrogens is 174 g/mol. The lowest BCUT2D eigenvalue weighted by atomic mass is 10.1. The molecule has 1 saturated carbocycles. The average molecular weight is 199 g/mol. The van der Waals surface area contributed by atoms with Gasteiger partial charge in [0, 0.05) is 13.2 Å². The van der Waals surface area contributed by atoms with Crippen molar-refractivity contribution in [3.05, 3.63) is 0 Å². The molecule has 1 fully saturated rings. The summed E-state index contributed by atoms with van der Waals surface area (Å²) in [6, 6.07) is 0. The van der Waals surface area contributed by atoms with Gasteiger partial charge in [0.1, 0.15) is 0 Å². The van der Waals surface area contributed by atoms with Crippen LogP contribution in [0.2, 0.25) is 0 Å². The van der Waals surface area contributed by atoms with Crippen LogP contribution in [-0.4, -0.2) is 26.3 Å². The predicted molar refractivity (Wildman–Crippen MR) is 60.5 cm³/mol. The van der Waals surface area contributed by atoms with Crippen molar-refractivity contribution in [3.63, 3.8) is 0 Å². The molecule has 0 bridgehead atoms. The molecule has 0 heterocycles. The van der Waals surface area contributed by atoms with Gasteiger partial charge in [-0.3, -0.25) is 0 Å². The van der Waals surface area contributed by atoms with Crippen molar-refractivity contribution in [1.82, 2.24) is 5.32 Å². The van der Waals surface area contributed by atoms with Crippen LogP contribution < -0.4 is 5.32 Å². The van der Waals surface area contributed by atoms with Gasteiger partial charge in [0.05, 0.1) is 6.61 Å². The minimum atomic E-state index is 0.657. The van der Waals surface area contributed by atoms with Gasteiger partial charge >= 0.3 is 0 Å². The third kappa shape index (κ3) is 5.61. The van der Waals surface area contributed by atoms with Gasteiger partial charge in [-0.05, 0) is 31.2 Å². The van der Waals surface area contributed by atoms with Gasteiger partial charge in [0.15, 0.2) is 0 Å². The average Bonchev–Trinajstić information content (AvgIpc) is 2.63. The van der Waals surface area contributed by atoms with E-state index in [1.165, 1.54) is 32.2 Å². The predicted octanol–water partition coefficient (Wildman–Crippen LogP) is 2.44. The van der Waals surface area contributed by atoms with E-state index in [4.69, 9.17) is 4.74 Å². The smallest absolute Gasteiger partial charge is 0.0591 e. The number of ether oxygens (including phenoxy) is 1. The summed E-state index contributed by atoms with van der Waals surface area (Å²) in [5, 5.41) is 3.48. The van der Waals surface area contributed by atoms with Crippen molar-refractivity contribution in [2.45, 2.75) is 39.5 Å². The van der Waals surface area contributed by atoms with Crippen molar-refractivity contribution in [2.75, 3.05) is 26.3 Å². The highest BCUT2D eigenvalue weighted by Gasteiger charge is 2.13. The fourth-order valence-corrected chi connectivity index (χ4v) is 1.98. The highest BCUT2D eigenvalue weighted by Crippen LogP contribution is 2.23. The van der Waals surface area contributed by atoms with Crippen LogP contribution in [0.5, 0.6) is 0 Å². The molecule has 0 radical (unpaired) electrons. The maximum Gasteiger partial charge on any atom is 0.0591 e. The molecule has 0 spiro atoms. The van der Waals surface area contributed by atoms with Crippen LogP contribution in [0.1, 0.15) is 39.5 Å². The van der Waals surface area contributed by atoms with Crippen LogP contribution >= 0.6 is 0 Å². The zero-order valence-corrected chi connectivity index (χ0v) is 9.72. The molecule has 0 aromatic heterocycles. The van der Waals surface area contributed by atoms with Crippen LogP contribution in [0.25, 0.3) is 0 Å². The number of hydrogen-bond donors (Lipinski definition) is 1. The molecule has 84 valence electrons. The Morgan fingerprint density at radius 3 is 2.64 bits per heavy atom. The lowest BCUT2D eigenvalue weighted by molar-refractivity contribution is 0.111. The summed E-state index contributed by atoms with van der Waals surface area (Å²) in [6.07, 6.45) is 5.74. The van der Waals surface area contributed by atoms with Gasteiger partial charge < -0.3 is 10.1 Å². The molecule has 1 aliphatic rings. The lowest BCUT2D eigenvalue weighted by Crippen LogP contribution is -2.25. The van der Waals surface area contributed by atoms with E-state index >= 15 is 0 Å². The molecule has 1 rings (SSSR count). The molecule has 0 unspecified atom stereocenters. The quantitative estimate of drug-likeness (QED) is 0.636. The van der Waals surface area contributed by atoms with Gasteiger partial charge in [-0.15, -0.1) is 0 Å². The number of hydrogen-bond acceptors (Lipinski definition) is 2. The van der Waals surface area contributed by atoms with E-state index in [0.29, 0.717) is 5.92 Å². The summed E-state index contributed by atoms with van der Waals surface area (Å²) in [6.45, 7) is 8.35. The third-order valence-corrected chi connectivity index (χ3v) is 2.78. The molecule has 0 aliphatic heterocycles. The van der Waals surface area contributed by atoms with E-state index in [1.54, 1.807) is 0 Å². The fourth-order valence-electron chi connectivity index (χ4n) is 1.98. The lowest BCUT2D eigenvalue weighted by Gasteiger charge is -2.11. The fraction of sp³-hybridized carbons (Fsp3) is 1.00. The first-order chi connectivity index (χ1) is 6.79. The van der Waals surface area contributed by atoms with E-state index < -0.39 is 0 Å². The molecule has 1 aliphatic carbocycles. The molecule has 0 amide bonds. The zero-order chi connectivity index (χ0) is 10.2. The van der Waals surface area contributed by atoms with Gasteiger partial charge in [-0.25, -0.2) is 0 Å². The topological polar surface area (TPSA) is 21.3 Å². The van der Waals surface area contributed by atoms with Crippen molar-refractivity contribution in [2.24, 2.45) is 11.8 Å². The SMILES string of the molecule is CC(C)COCCNCC1CCCC1. The molecule has 1 N–H and O–H groups in total. The Morgan fingerprint density at radius 2 is 2.00 bits per heavy atom. The largest absolute Gasteiger partial charge is 0.380 e. The molecule has 0 atom stereocenters. The Hall–Kier alpha value is -0.0800. The van der Waals surface area contributed by atoms with Crippen molar-refractivity contribution in [3.8, 4) is 0 Å². The van der Waals surface area contributed by atoms with Gasteiger partial charge in [0.2, 0.25) is 0 Å². The molecule has 0 aromatic rings. The van der Waals surface area contributed by atoms with E-state index in [9.17, 15) is 0 Å². The van der Waals surface area contributed by atoms with Crippen molar-refractivity contribution < 1.29 is 4.74 Å². The summed E-state index contributed by atoms with van der Waals surface area (Å²) in [4.78, 5) is 0. The summed E-state index contributed by atoms with van der Waals surface area (Å²) in [7, 11) is 0. The summed E-state index contributed by atoms with van der Waals surface area (Å²) in [5.41, 5.74) is 0. The Kier molecular flexibility index (Phi) is 6.20. The standard InChI is InChI=1S/C12H25NO/c1-11(2)10-14-8-7-13-9-12-5-3-4-6-12/h11-13H,3-10H2,1-2H3. The molecule has 0 aromatic carbocycles. The Bertz CT molecular complexity index is 130.